The fourth-order valence-electron chi connectivity index (χ4n) is 1.64. The molecule has 0 saturated carbocycles. The van der Waals surface area contributed by atoms with Crippen LogP contribution in [0.4, 0.5) is 0 Å². The zero-order valence-corrected chi connectivity index (χ0v) is 8.03. The first kappa shape index (κ1) is 8.61. The van der Waals surface area contributed by atoms with Crippen LogP contribution in [-0.4, -0.2) is 14.7 Å². The van der Waals surface area contributed by atoms with Gasteiger partial charge in [-0.3, -0.25) is 0 Å². The van der Waals surface area contributed by atoms with Gasteiger partial charge in [0.1, 0.15) is 17.1 Å². The van der Waals surface area contributed by atoms with Crippen molar-refractivity contribution in [2.75, 3.05) is 0 Å². The van der Waals surface area contributed by atoms with Crippen molar-refractivity contribution in [2.45, 2.75) is 0 Å². The summed E-state index contributed by atoms with van der Waals surface area (Å²) >= 11 is 0. The summed E-state index contributed by atoms with van der Waals surface area (Å²) in [5.41, 5.74) is 1.61. The number of para-hydroxylation sites is 2. The minimum atomic E-state index is 0.274. The van der Waals surface area contributed by atoms with Gasteiger partial charge in [0.25, 0.3) is 5.52 Å². The third-order valence-electron chi connectivity index (χ3n) is 2.37. The molecule has 16 heavy (non-hydrogen) atoms. The highest BCUT2D eigenvalue weighted by Crippen LogP contribution is 2.12. The Balaban J connectivity index is 2.61. The number of benzene rings is 1. The fourth-order valence-corrected chi connectivity index (χ4v) is 1.64. The molecule has 0 radical (unpaired) electrons. The molecule has 3 rings (SSSR count). The van der Waals surface area contributed by atoms with Crippen molar-refractivity contribution in [3.05, 3.63) is 41.2 Å². The van der Waals surface area contributed by atoms with Gasteiger partial charge < -0.3 is 5.21 Å². The number of rotatable bonds is 0. The zero-order valence-electron chi connectivity index (χ0n) is 8.03. The molecule has 0 aliphatic rings. The summed E-state index contributed by atoms with van der Waals surface area (Å²) < 4.78 is 1.49. The molecule has 2 heterocycles. The topological polar surface area (TPSA) is 80.9 Å². The van der Waals surface area contributed by atoms with Crippen LogP contribution in [0.3, 0.4) is 0 Å². The smallest absolute Gasteiger partial charge is 0.270 e. The van der Waals surface area contributed by atoms with E-state index in [0.717, 1.165) is 0 Å². The van der Waals surface area contributed by atoms with E-state index in [1.165, 1.54) is 10.7 Å². The number of hydrogen-bond acceptors (Lipinski definition) is 4. The first-order chi connectivity index (χ1) is 7.81. The van der Waals surface area contributed by atoms with Gasteiger partial charge in [0, 0.05) is 11.2 Å². The molecule has 0 amide bonds. The van der Waals surface area contributed by atoms with Gasteiger partial charge in [-0.25, -0.2) is 4.52 Å². The number of aromatic nitrogens is 4. The summed E-state index contributed by atoms with van der Waals surface area (Å²) in [7, 11) is 0. The Morgan fingerprint density at radius 2 is 2.19 bits per heavy atom. The predicted octanol–water partition coefficient (Wildman–Crippen LogP) is 0.388. The first-order valence-electron chi connectivity index (χ1n) is 4.57. The van der Waals surface area contributed by atoms with Gasteiger partial charge >= 0.3 is 0 Å². The highest BCUT2D eigenvalue weighted by atomic mass is 16.5. The first-order valence-corrected chi connectivity index (χ1v) is 4.57. The third-order valence-corrected chi connectivity index (χ3v) is 2.37. The van der Waals surface area contributed by atoms with Crippen LogP contribution in [-0.2, 0) is 0 Å². The van der Waals surface area contributed by atoms with E-state index in [4.69, 9.17) is 5.26 Å². The van der Waals surface area contributed by atoms with E-state index in [1.54, 1.807) is 24.3 Å². The molecule has 6 heteroatoms. The normalized spacial score (nSPS) is 10.7. The van der Waals surface area contributed by atoms with Gasteiger partial charge in [-0.2, -0.15) is 10.4 Å². The lowest BCUT2D eigenvalue weighted by Crippen LogP contribution is -2.33. The van der Waals surface area contributed by atoms with Crippen molar-refractivity contribution in [3.8, 4) is 6.07 Å². The molecule has 0 saturated heterocycles. The molecule has 0 bridgehead atoms. The van der Waals surface area contributed by atoms with E-state index in [-0.39, 0.29) is 11.2 Å². The van der Waals surface area contributed by atoms with Crippen LogP contribution in [0.25, 0.3) is 16.7 Å². The summed E-state index contributed by atoms with van der Waals surface area (Å²) in [6.07, 6.45) is 1.40. The van der Waals surface area contributed by atoms with Gasteiger partial charge in [0.05, 0.1) is 6.20 Å². The Bertz CT molecular complexity index is 740. The van der Waals surface area contributed by atoms with Gasteiger partial charge in [0.15, 0.2) is 0 Å². The van der Waals surface area contributed by atoms with Gasteiger partial charge in [0.2, 0.25) is 5.65 Å². The van der Waals surface area contributed by atoms with E-state index in [2.05, 4.69) is 10.2 Å². The van der Waals surface area contributed by atoms with Crippen molar-refractivity contribution in [1.82, 2.24) is 14.7 Å². The highest BCUT2D eigenvalue weighted by Gasteiger charge is 2.14. The number of fused-ring (bicyclic) bond motifs is 3. The van der Waals surface area contributed by atoms with E-state index >= 15 is 0 Å². The van der Waals surface area contributed by atoms with Crippen LogP contribution in [0, 0.1) is 16.5 Å². The van der Waals surface area contributed by atoms with Crippen molar-refractivity contribution in [3.63, 3.8) is 0 Å². The van der Waals surface area contributed by atoms with Crippen LogP contribution in [0.5, 0.6) is 0 Å². The number of hydrogen-bond donors (Lipinski definition) is 0. The van der Waals surface area contributed by atoms with Gasteiger partial charge in [-0.15, -0.1) is 0 Å². The molecule has 2 aromatic heterocycles. The fraction of sp³-hybridized carbons (Fsp3) is 0. The van der Waals surface area contributed by atoms with Crippen LogP contribution in [0.15, 0.2) is 30.5 Å². The van der Waals surface area contributed by atoms with Crippen LogP contribution < -0.4 is 4.85 Å². The Hall–Kier alpha value is -2.68. The lowest BCUT2D eigenvalue weighted by atomic mass is 10.3. The predicted molar refractivity (Wildman–Crippen MR) is 54.2 cm³/mol. The molecule has 0 atom stereocenters. The summed E-state index contributed by atoms with van der Waals surface area (Å²) in [5, 5.41) is 28.3. The van der Waals surface area contributed by atoms with Crippen molar-refractivity contribution >= 4 is 16.7 Å². The number of nitriles is 1. The second kappa shape index (κ2) is 2.90. The average Bonchev–Trinajstić information content (AvgIpc) is 2.72. The van der Waals surface area contributed by atoms with Crippen LogP contribution in [0.2, 0.25) is 0 Å². The highest BCUT2D eigenvalue weighted by molar-refractivity contribution is 5.74. The van der Waals surface area contributed by atoms with Gasteiger partial charge in [-0.1, -0.05) is 12.1 Å². The second-order valence-corrected chi connectivity index (χ2v) is 3.27. The maximum Gasteiger partial charge on any atom is 0.270 e. The number of nitrogens with zero attached hydrogens (tertiary/aromatic N) is 5. The molecule has 0 aliphatic carbocycles. The third kappa shape index (κ3) is 0.966. The molecule has 0 N–H and O–H groups in total. The Morgan fingerprint density at radius 3 is 3.00 bits per heavy atom. The Morgan fingerprint density at radius 1 is 1.38 bits per heavy atom. The molecule has 76 valence electrons. The van der Waals surface area contributed by atoms with E-state index in [1.807, 2.05) is 6.07 Å². The molecule has 0 unspecified atom stereocenters. The SMILES string of the molecule is N#Cc1cnn2c1n[n+]([O-])c1ccccc12. The molecule has 0 fully saturated rings. The van der Waals surface area contributed by atoms with Crippen LogP contribution >= 0.6 is 0 Å². The molecule has 6 nitrogen and oxygen atoms in total. The summed E-state index contributed by atoms with van der Waals surface area (Å²) in [5.74, 6) is 0. The van der Waals surface area contributed by atoms with Gasteiger partial charge in [-0.05, 0) is 10.9 Å². The molecular formula is C10H5N5O. The lowest BCUT2D eigenvalue weighted by Gasteiger charge is -2.00. The van der Waals surface area contributed by atoms with Crippen molar-refractivity contribution in [2.24, 2.45) is 0 Å². The zero-order chi connectivity index (χ0) is 11.1. The van der Waals surface area contributed by atoms with E-state index < -0.39 is 0 Å². The molecular weight excluding hydrogens is 206 g/mol. The average molecular weight is 211 g/mol. The van der Waals surface area contributed by atoms with Crippen molar-refractivity contribution in [1.29, 1.82) is 5.26 Å². The van der Waals surface area contributed by atoms with E-state index in [0.29, 0.717) is 15.9 Å². The Labute approximate surface area is 89.5 Å². The van der Waals surface area contributed by atoms with E-state index in [9.17, 15) is 5.21 Å². The Kier molecular flexibility index (Phi) is 1.56. The molecule has 1 aromatic carbocycles. The molecule has 0 spiro atoms. The van der Waals surface area contributed by atoms with Crippen LogP contribution in [0.1, 0.15) is 5.56 Å². The molecule has 3 aromatic rings. The second-order valence-electron chi connectivity index (χ2n) is 3.27. The minimum absolute atomic E-state index is 0.274. The largest absolute Gasteiger partial charge is 0.594 e. The summed E-state index contributed by atoms with van der Waals surface area (Å²) in [6.45, 7) is 0. The van der Waals surface area contributed by atoms with Crippen molar-refractivity contribution < 1.29 is 4.85 Å². The quantitative estimate of drug-likeness (QED) is 0.398. The minimum Gasteiger partial charge on any atom is -0.594 e. The summed E-state index contributed by atoms with van der Waals surface area (Å²) in [4.78, 5) is 0.507. The maximum absolute atomic E-state index is 11.6. The lowest BCUT2D eigenvalue weighted by molar-refractivity contribution is -0.640. The summed E-state index contributed by atoms with van der Waals surface area (Å²) in [6, 6.07) is 8.91. The standard InChI is InChI=1S/C10H5N5O/c11-5-7-6-12-14-8-3-1-2-4-9(8)15(16)13-10(7)14/h1-4,6H. The molecule has 0 aliphatic heterocycles. The monoisotopic (exact) mass is 211 g/mol. The maximum atomic E-state index is 11.6.